The van der Waals surface area contributed by atoms with Crippen LogP contribution in [0.3, 0.4) is 0 Å². The highest BCUT2D eigenvalue weighted by atomic mass is 16.3. The third-order valence-electron chi connectivity index (χ3n) is 2.71. The van der Waals surface area contributed by atoms with Crippen LogP contribution < -0.4 is 0 Å². The van der Waals surface area contributed by atoms with Gasteiger partial charge in [0.15, 0.2) is 0 Å². The van der Waals surface area contributed by atoms with Crippen LogP contribution in [0.4, 0.5) is 0 Å². The topological polar surface area (TPSA) is 40.5 Å². The molecule has 14 heavy (non-hydrogen) atoms. The maximum atomic E-state index is 9.89. The number of hydrogen-bond acceptors (Lipinski definition) is 2. The highest BCUT2D eigenvalue weighted by molar-refractivity contribution is 5.49. The Morgan fingerprint density at radius 1 is 1.29 bits per heavy atom. The molecule has 0 radical (unpaired) electrons. The molecular formula is C12H18O2. The monoisotopic (exact) mass is 194 g/mol. The van der Waals surface area contributed by atoms with Gasteiger partial charge in [-0.25, -0.2) is 0 Å². The molecule has 2 nitrogen and oxygen atoms in total. The standard InChI is InChI=1S/C12H18O2/c1-7(2)10-5-8(3)11(6-13)9(4)12(10)14/h5,7,13-14H,6H2,1-4H3. The first kappa shape index (κ1) is 11.1. The Balaban J connectivity index is 3.40. The van der Waals surface area contributed by atoms with Crippen LogP contribution >= 0.6 is 0 Å². The van der Waals surface area contributed by atoms with E-state index in [4.69, 9.17) is 5.11 Å². The molecule has 1 rings (SSSR count). The SMILES string of the molecule is Cc1cc(C(C)C)c(O)c(C)c1CO. The van der Waals surface area contributed by atoms with Crippen LogP contribution in [0.2, 0.25) is 0 Å². The zero-order valence-corrected chi connectivity index (χ0v) is 9.26. The maximum absolute atomic E-state index is 9.89. The number of aromatic hydroxyl groups is 1. The fraction of sp³-hybridized carbons (Fsp3) is 0.500. The van der Waals surface area contributed by atoms with Gasteiger partial charge >= 0.3 is 0 Å². The van der Waals surface area contributed by atoms with E-state index in [2.05, 4.69) is 0 Å². The van der Waals surface area contributed by atoms with E-state index in [1.807, 2.05) is 33.8 Å². The molecule has 2 N–H and O–H groups in total. The molecule has 0 unspecified atom stereocenters. The van der Waals surface area contributed by atoms with Crippen molar-refractivity contribution in [2.45, 2.75) is 40.2 Å². The largest absolute Gasteiger partial charge is 0.507 e. The first-order valence-electron chi connectivity index (χ1n) is 4.91. The van der Waals surface area contributed by atoms with Crippen molar-refractivity contribution >= 4 is 0 Å². The first-order chi connectivity index (χ1) is 6.49. The molecule has 1 aromatic carbocycles. The molecule has 0 aliphatic heterocycles. The molecule has 0 bridgehead atoms. The Bertz CT molecular complexity index is 341. The summed E-state index contributed by atoms with van der Waals surface area (Å²) in [5.41, 5.74) is 3.65. The fourth-order valence-corrected chi connectivity index (χ4v) is 1.73. The summed E-state index contributed by atoms with van der Waals surface area (Å²) in [6.07, 6.45) is 0. The van der Waals surface area contributed by atoms with Crippen molar-refractivity contribution in [1.29, 1.82) is 0 Å². The summed E-state index contributed by atoms with van der Waals surface area (Å²) in [4.78, 5) is 0. The summed E-state index contributed by atoms with van der Waals surface area (Å²) >= 11 is 0. The number of phenols is 1. The number of rotatable bonds is 2. The predicted molar refractivity (Wildman–Crippen MR) is 57.6 cm³/mol. The third kappa shape index (κ3) is 1.75. The summed E-state index contributed by atoms with van der Waals surface area (Å²) < 4.78 is 0. The van der Waals surface area contributed by atoms with Gasteiger partial charge in [0, 0.05) is 0 Å². The highest BCUT2D eigenvalue weighted by Gasteiger charge is 2.13. The van der Waals surface area contributed by atoms with Crippen molar-refractivity contribution in [2.75, 3.05) is 0 Å². The van der Waals surface area contributed by atoms with Crippen molar-refractivity contribution in [1.82, 2.24) is 0 Å². The van der Waals surface area contributed by atoms with Crippen molar-refractivity contribution in [3.05, 3.63) is 28.3 Å². The van der Waals surface area contributed by atoms with Crippen LogP contribution in [-0.2, 0) is 6.61 Å². The minimum absolute atomic E-state index is 0.0103. The summed E-state index contributed by atoms with van der Waals surface area (Å²) in [5, 5.41) is 19.0. The average molecular weight is 194 g/mol. The van der Waals surface area contributed by atoms with E-state index in [0.717, 1.165) is 22.3 Å². The average Bonchev–Trinajstić information content (AvgIpc) is 2.12. The van der Waals surface area contributed by atoms with E-state index >= 15 is 0 Å². The molecule has 0 aliphatic carbocycles. The lowest BCUT2D eigenvalue weighted by Crippen LogP contribution is -1.99. The lowest BCUT2D eigenvalue weighted by Gasteiger charge is -2.15. The molecule has 0 saturated carbocycles. The van der Waals surface area contributed by atoms with E-state index < -0.39 is 0 Å². The fourth-order valence-electron chi connectivity index (χ4n) is 1.73. The second kappa shape index (κ2) is 4.01. The minimum Gasteiger partial charge on any atom is -0.507 e. The highest BCUT2D eigenvalue weighted by Crippen LogP contribution is 2.32. The van der Waals surface area contributed by atoms with Crippen LogP contribution in [-0.4, -0.2) is 10.2 Å². The number of aliphatic hydroxyl groups excluding tert-OH is 1. The normalized spacial score (nSPS) is 11.0. The van der Waals surface area contributed by atoms with Gasteiger partial charge in [0.2, 0.25) is 0 Å². The molecule has 0 saturated heterocycles. The molecule has 0 spiro atoms. The van der Waals surface area contributed by atoms with E-state index in [-0.39, 0.29) is 6.61 Å². The van der Waals surface area contributed by atoms with Crippen molar-refractivity contribution < 1.29 is 10.2 Å². The van der Waals surface area contributed by atoms with Crippen molar-refractivity contribution in [3.63, 3.8) is 0 Å². The van der Waals surface area contributed by atoms with Crippen molar-refractivity contribution in [3.8, 4) is 5.75 Å². The number of aryl methyl sites for hydroxylation is 1. The van der Waals surface area contributed by atoms with Crippen LogP contribution in [0, 0.1) is 13.8 Å². The van der Waals surface area contributed by atoms with E-state index in [9.17, 15) is 5.11 Å². The summed E-state index contributed by atoms with van der Waals surface area (Å²) in [5.74, 6) is 0.634. The Labute approximate surface area is 85.2 Å². The molecule has 1 aromatic rings. The van der Waals surface area contributed by atoms with Gasteiger partial charge in [-0.05, 0) is 42.0 Å². The zero-order valence-electron chi connectivity index (χ0n) is 9.26. The predicted octanol–water partition coefficient (Wildman–Crippen LogP) is 2.62. The Hall–Kier alpha value is -1.02. The molecule has 0 heterocycles. The molecular weight excluding hydrogens is 176 g/mol. The summed E-state index contributed by atoms with van der Waals surface area (Å²) in [7, 11) is 0. The number of benzene rings is 1. The molecule has 0 atom stereocenters. The molecule has 0 amide bonds. The van der Waals surface area contributed by atoms with Gasteiger partial charge in [-0.2, -0.15) is 0 Å². The minimum atomic E-state index is -0.0103. The van der Waals surface area contributed by atoms with E-state index in [1.54, 1.807) is 0 Å². The molecule has 2 heteroatoms. The molecule has 0 aliphatic rings. The van der Waals surface area contributed by atoms with Crippen LogP contribution in [0.25, 0.3) is 0 Å². The third-order valence-corrected chi connectivity index (χ3v) is 2.71. The van der Waals surface area contributed by atoms with Crippen LogP contribution in [0.5, 0.6) is 5.75 Å². The summed E-state index contributed by atoms with van der Waals surface area (Å²) in [6.45, 7) is 7.90. The second-order valence-electron chi connectivity index (χ2n) is 4.05. The molecule has 0 aromatic heterocycles. The van der Waals surface area contributed by atoms with Crippen molar-refractivity contribution in [2.24, 2.45) is 0 Å². The van der Waals surface area contributed by atoms with Gasteiger partial charge in [-0.15, -0.1) is 0 Å². The lowest BCUT2D eigenvalue weighted by molar-refractivity contribution is 0.279. The molecule has 78 valence electrons. The van der Waals surface area contributed by atoms with E-state index in [0.29, 0.717) is 11.7 Å². The van der Waals surface area contributed by atoms with Crippen LogP contribution in [0.1, 0.15) is 42.0 Å². The van der Waals surface area contributed by atoms with Crippen LogP contribution in [0.15, 0.2) is 6.07 Å². The second-order valence-corrected chi connectivity index (χ2v) is 4.05. The van der Waals surface area contributed by atoms with Gasteiger partial charge in [0.25, 0.3) is 0 Å². The Morgan fingerprint density at radius 3 is 2.29 bits per heavy atom. The Kier molecular flexibility index (Phi) is 3.17. The van der Waals surface area contributed by atoms with Gasteiger partial charge in [-0.3, -0.25) is 0 Å². The Morgan fingerprint density at radius 2 is 1.86 bits per heavy atom. The lowest BCUT2D eigenvalue weighted by atomic mass is 9.93. The molecule has 0 fully saturated rings. The zero-order chi connectivity index (χ0) is 10.9. The van der Waals surface area contributed by atoms with E-state index in [1.165, 1.54) is 0 Å². The smallest absolute Gasteiger partial charge is 0.122 e. The number of hydrogen-bond donors (Lipinski definition) is 2. The van der Waals surface area contributed by atoms with Gasteiger partial charge in [-0.1, -0.05) is 19.9 Å². The summed E-state index contributed by atoms with van der Waals surface area (Å²) in [6, 6.07) is 1.96. The quantitative estimate of drug-likeness (QED) is 0.759. The maximum Gasteiger partial charge on any atom is 0.122 e. The van der Waals surface area contributed by atoms with Gasteiger partial charge < -0.3 is 10.2 Å². The number of aliphatic hydroxyl groups is 1. The first-order valence-corrected chi connectivity index (χ1v) is 4.91. The number of phenolic OH excluding ortho intramolecular Hbond substituents is 1. The van der Waals surface area contributed by atoms with Gasteiger partial charge in [0.05, 0.1) is 6.61 Å². The van der Waals surface area contributed by atoms with Gasteiger partial charge in [0.1, 0.15) is 5.75 Å².